The van der Waals surface area contributed by atoms with Crippen LogP contribution in [0.4, 0.5) is 5.69 Å². The lowest BCUT2D eigenvalue weighted by molar-refractivity contribution is -0.121. The summed E-state index contributed by atoms with van der Waals surface area (Å²) in [5.74, 6) is -0.00884. The Labute approximate surface area is 119 Å². The normalized spacial score (nSPS) is 17.8. The zero-order valence-electron chi connectivity index (χ0n) is 11.7. The standard InChI is InChI=1S/C15H21N3O2/c1-11(19)18-13-6-4-12(5-7-13)10-17-15(20)9-14-3-2-8-16-14/h4-7,14,16H,2-3,8-10H2,1H3,(H,17,20)(H,18,19). The van der Waals surface area contributed by atoms with Crippen LogP contribution in [0.5, 0.6) is 0 Å². The van der Waals surface area contributed by atoms with Crippen molar-refractivity contribution in [3.8, 4) is 0 Å². The molecule has 1 aliphatic rings. The van der Waals surface area contributed by atoms with Crippen LogP contribution < -0.4 is 16.0 Å². The van der Waals surface area contributed by atoms with Gasteiger partial charge in [0.05, 0.1) is 0 Å². The molecule has 5 heteroatoms. The Bertz CT molecular complexity index is 465. The Balaban J connectivity index is 1.75. The van der Waals surface area contributed by atoms with Crippen LogP contribution in [0.1, 0.15) is 31.7 Å². The van der Waals surface area contributed by atoms with Crippen LogP contribution in [-0.4, -0.2) is 24.4 Å². The van der Waals surface area contributed by atoms with Gasteiger partial charge in [0, 0.05) is 31.6 Å². The van der Waals surface area contributed by atoms with Crippen LogP contribution in [0, 0.1) is 0 Å². The zero-order chi connectivity index (χ0) is 14.4. The van der Waals surface area contributed by atoms with E-state index >= 15 is 0 Å². The second kappa shape index (κ2) is 7.05. The van der Waals surface area contributed by atoms with E-state index in [1.807, 2.05) is 24.3 Å². The van der Waals surface area contributed by atoms with E-state index in [0.717, 1.165) is 30.6 Å². The molecule has 0 spiro atoms. The highest BCUT2D eigenvalue weighted by molar-refractivity contribution is 5.88. The number of hydrogen-bond donors (Lipinski definition) is 3. The van der Waals surface area contributed by atoms with E-state index in [4.69, 9.17) is 0 Å². The predicted molar refractivity (Wildman–Crippen MR) is 78.2 cm³/mol. The lowest BCUT2D eigenvalue weighted by Gasteiger charge is -2.10. The smallest absolute Gasteiger partial charge is 0.221 e. The minimum Gasteiger partial charge on any atom is -0.352 e. The molecular formula is C15H21N3O2. The van der Waals surface area contributed by atoms with Gasteiger partial charge in [0.1, 0.15) is 0 Å². The predicted octanol–water partition coefficient (Wildman–Crippen LogP) is 1.40. The molecule has 108 valence electrons. The molecule has 1 heterocycles. The number of benzene rings is 1. The van der Waals surface area contributed by atoms with Crippen LogP contribution in [-0.2, 0) is 16.1 Å². The number of amides is 2. The van der Waals surface area contributed by atoms with Gasteiger partial charge in [0.25, 0.3) is 0 Å². The average molecular weight is 275 g/mol. The van der Waals surface area contributed by atoms with Gasteiger partial charge in [-0.1, -0.05) is 12.1 Å². The highest BCUT2D eigenvalue weighted by atomic mass is 16.2. The van der Waals surface area contributed by atoms with Crippen LogP contribution >= 0.6 is 0 Å². The molecule has 1 aromatic carbocycles. The summed E-state index contributed by atoms with van der Waals surface area (Å²) in [5.41, 5.74) is 1.79. The molecule has 1 saturated heterocycles. The summed E-state index contributed by atoms with van der Waals surface area (Å²) in [6.45, 7) is 3.01. The summed E-state index contributed by atoms with van der Waals surface area (Å²) in [7, 11) is 0. The van der Waals surface area contributed by atoms with Gasteiger partial charge >= 0.3 is 0 Å². The first-order valence-corrected chi connectivity index (χ1v) is 7.00. The lowest BCUT2D eigenvalue weighted by Crippen LogP contribution is -2.31. The average Bonchev–Trinajstić information content (AvgIpc) is 2.90. The van der Waals surface area contributed by atoms with Gasteiger partial charge in [-0.15, -0.1) is 0 Å². The van der Waals surface area contributed by atoms with E-state index in [1.165, 1.54) is 6.92 Å². The number of carbonyl (C=O) groups excluding carboxylic acids is 2. The van der Waals surface area contributed by atoms with E-state index in [2.05, 4.69) is 16.0 Å². The quantitative estimate of drug-likeness (QED) is 0.761. The molecule has 1 atom stereocenters. The van der Waals surface area contributed by atoms with E-state index in [0.29, 0.717) is 19.0 Å². The molecule has 1 aromatic rings. The van der Waals surface area contributed by atoms with Crippen molar-refractivity contribution >= 4 is 17.5 Å². The molecule has 0 aliphatic carbocycles. The SMILES string of the molecule is CC(=O)Nc1ccc(CNC(=O)CC2CCCN2)cc1. The second-order valence-electron chi connectivity index (χ2n) is 5.15. The van der Waals surface area contributed by atoms with Crippen molar-refractivity contribution in [2.45, 2.75) is 38.8 Å². The molecule has 3 N–H and O–H groups in total. The van der Waals surface area contributed by atoms with Gasteiger partial charge in [-0.2, -0.15) is 0 Å². The molecule has 0 radical (unpaired) electrons. The first-order chi connectivity index (χ1) is 9.63. The molecule has 0 aromatic heterocycles. The molecule has 1 fully saturated rings. The maximum absolute atomic E-state index is 11.8. The van der Waals surface area contributed by atoms with E-state index in [1.54, 1.807) is 0 Å². The fourth-order valence-corrected chi connectivity index (χ4v) is 2.34. The molecule has 20 heavy (non-hydrogen) atoms. The largest absolute Gasteiger partial charge is 0.352 e. The summed E-state index contributed by atoms with van der Waals surface area (Å²) < 4.78 is 0. The van der Waals surface area contributed by atoms with Crippen molar-refractivity contribution in [1.29, 1.82) is 0 Å². The lowest BCUT2D eigenvalue weighted by atomic mass is 10.1. The highest BCUT2D eigenvalue weighted by Crippen LogP contribution is 2.10. The third kappa shape index (κ3) is 4.66. The van der Waals surface area contributed by atoms with Crippen molar-refractivity contribution in [3.05, 3.63) is 29.8 Å². The molecule has 1 unspecified atom stereocenters. The third-order valence-corrected chi connectivity index (χ3v) is 3.36. The van der Waals surface area contributed by atoms with Crippen LogP contribution in [0.3, 0.4) is 0 Å². The Hall–Kier alpha value is -1.88. The molecule has 2 rings (SSSR count). The number of carbonyl (C=O) groups is 2. The molecule has 2 amide bonds. The summed E-state index contributed by atoms with van der Waals surface area (Å²) in [6, 6.07) is 7.80. The fourth-order valence-electron chi connectivity index (χ4n) is 2.34. The number of nitrogens with one attached hydrogen (secondary N) is 3. The molecule has 1 aliphatic heterocycles. The van der Waals surface area contributed by atoms with E-state index in [-0.39, 0.29) is 11.8 Å². The van der Waals surface area contributed by atoms with Gasteiger partial charge in [-0.05, 0) is 37.1 Å². The van der Waals surface area contributed by atoms with Crippen LogP contribution in [0.15, 0.2) is 24.3 Å². The number of anilines is 1. The maximum Gasteiger partial charge on any atom is 0.221 e. The van der Waals surface area contributed by atoms with Crippen LogP contribution in [0.2, 0.25) is 0 Å². The molecular weight excluding hydrogens is 254 g/mol. The Kier molecular flexibility index (Phi) is 5.12. The van der Waals surface area contributed by atoms with Crippen molar-refractivity contribution < 1.29 is 9.59 Å². The summed E-state index contributed by atoms with van der Waals surface area (Å²) in [5, 5.41) is 8.94. The van der Waals surface area contributed by atoms with Crippen LogP contribution in [0.25, 0.3) is 0 Å². The van der Waals surface area contributed by atoms with Gasteiger partial charge in [-0.3, -0.25) is 9.59 Å². The Morgan fingerprint density at radius 3 is 2.65 bits per heavy atom. The van der Waals surface area contributed by atoms with Gasteiger partial charge in [0.15, 0.2) is 0 Å². The van der Waals surface area contributed by atoms with Gasteiger partial charge in [-0.25, -0.2) is 0 Å². The second-order valence-corrected chi connectivity index (χ2v) is 5.15. The molecule has 0 bridgehead atoms. The zero-order valence-corrected chi connectivity index (χ0v) is 11.7. The highest BCUT2D eigenvalue weighted by Gasteiger charge is 2.17. The monoisotopic (exact) mass is 275 g/mol. The minimum atomic E-state index is -0.0879. The summed E-state index contributed by atoms with van der Waals surface area (Å²) >= 11 is 0. The number of rotatable bonds is 5. The van der Waals surface area contributed by atoms with E-state index in [9.17, 15) is 9.59 Å². The minimum absolute atomic E-state index is 0.0790. The van der Waals surface area contributed by atoms with Crippen molar-refractivity contribution in [2.24, 2.45) is 0 Å². The third-order valence-electron chi connectivity index (χ3n) is 3.36. The van der Waals surface area contributed by atoms with Gasteiger partial charge < -0.3 is 16.0 Å². The summed E-state index contributed by atoms with van der Waals surface area (Å²) in [4.78, 5) is 22.7. The first-order valence-electron chi connectivity index (χ1n) is 7.00. The van der Waals surface area contributed by atoms with Crippen molar-refractivity contribution in [3.63, 3.8) is 0 Å². The fraction of sp³-hybridized carbons (Fsp3) is 0.467. The molecule has 5 nitrogen and oxygen atoms in total. The van der Waals surface area contributed by atoms with E-state index < -0.39 is 0 Å². The molecule has 0 saturated carbocycles. The van der Waals surface area contributed by atoms with Crippen molar-refractivity contribution in [1.82, 2.24) is 10.6 Å². The topological polar surface area (TPSA) is 70.2 Å². The summed E-state index contributed by atoms with van der Waals surface area (Å²) in [6.07, 6.45) is 2.78. The maximum atomic E-state index is 11.8. The Morgan fingerprint density at radius 2 is 2.05 bits per heavy atom. The van der Waals surface area contributed by atoms with Crippen molar-refractivity contribution in [2.75, 3.05) is 11.9 Å². The first kappa shape index (κ1) is 14.5. The van der Waals surface area contributed by atoms with Gasteiger partial charge in [0.2, 0.25) is 11.8 Å². The Morgan fingerprint density at radius 1 is 1.30 bits per heavy atom. The number of hydrogen-bond acceptors (Lipinski definition) is 3.